The minimum absolute atomic E-state index is 0.0854. The first-order valence-electron chi connectivity index (χ1n) is 11.5. The van der Waals surface area contributed by atoms with Crippen LogP contribution in [0.15, 0.2) is 0 Å². The lowest BCUT2D eigenvalue weighted by Gasteiger charge is -2.30. The van der Waals surface area contributed by atoms with E-state index in [-0.39, 0.29) is 42.4 Å². The van der Waals surface area contributed by atoms with E-state index in [2.05, 4.69) is 16.0 Å². The quantitative estimate of drug-likeness (QED) is 0.220. The first-order chi connectivity index (χ1) is 14.8. The van der Waals surface area contributed by atoms with Crippen LogP contribution in [0.1, 0.15) is 67.7 Å². The highest BCUT2D eigenvalue weighted by molar-refractivity contribution is 5.88. The number of aliphatic carboxylic acids is 1. The minimum Gasteiger partial charge on any atom is -0.480 e. The maximum absolute atomic E-state index is 12.8. The number of hydrogen-bond donors (Lipinski definition) is 5. The lowest BCUT2D eigenvalue weighted by molar-refractivity contribution is -0.141. The number of carboxylic acid groups (broad SMARTS) is 1. The van der Waals surface area contributed by atoms with Crippen LogP contribution in [0.3, 0.4) is 0 Å². The van der Waals surface area contributed by atoms with Crippen molar-refractivity contribution in [2.45, 2.75) is 92.0 Å². The smallest absolute Gasteiger partial charge is 0.321 e. The van der Waals surface area contributed by atoms with Crippen LogP contribution < -0.4 is 16.0 Å². The van der Waals surface area contributed by atoms with Gasteiger partial charge in [0, 0.05) is 24.9 Å². The second kappa shape index (κ2) is 14.9. The summed E-state index contributed by atoms with van der Waals surface area (Å²) >= 11 is 0. The van der Waals surface area contributed by atoms with Gasteiger partial charge in [0.2, 0.25) is 11.8 Å². The zero-order valence-corrected chi connectivity index (χ0v) is 20.6. The van der Waals surface area contributed by atoms with Crippen LogP contribution >= 0.6 is 0 Å². The van der Waals surface area contributed by atoms with E-state index < -0.39 is 36.1 Å². The standard InChI is InChI=1S/C23H43N3O6/c1-13(2)10-18(25-17(8-9-27)23(31)32)19(28)11-16(7)21(29)26-20(15(5)6)22(30)24-12-14(3)4/h9,13-20,25,28H,8,10-12H2,1-7H3,(H,24,30)(H,26,29)(H,31,32)/t16-,17?,18+,19+,20+/m1/s1. The van der Waals surface area contributed by atoms with E-state index in [9.17, 15) is 29.4 Å². The average Bonchev–Trinajstić information content (AvgIpc) is 2.67. The second-order valence-corrected chi connectivity index (χ2v) is 9.77. The summed E-state index contributed by atoms with van der Waals surface area (Å²) in [5.74, 6) is -2.03. The fourth-order valence-electron chi connectivity index (χ4n) is 3.32. The molecule has 0 aliphatic rings. The first kappa shape index (κ1) is 30.0. The molecule has 0 heterocycles. The van der Waals surface area contributed by atoms with Gasteiger partial charge in [0.15, 0.2) is 0 Å². The van der Waals surface area contributed by atoms with Gasteiger partial charge in [-0.1, -0.05) is 48.5 Å². The van der Waals surface area contributed by atoms with E-state index in [1.807, 2.05) is 41.5 Å². The Hall–Kier alpha value is -2.00. The lowest BCUT2D eigenvalue weighted by Crippen LogP contribution is -2.53. The molecule has 0 fully saturated rings. The predicted molar refractivity (Wildman–Crippen MR) is 123 cm³/mol. The minimum atomic E-state index is -1.17. The Balaban J connectivity index is 5.17. The molecule has 0 saturated heterocycles. The Kier molecular flexibility index (Phi) is 14.0. The Morgan fingerprint density at radius 1 is 0.906 bits per heavy atom. The van der Waals surface area contributed by atoms with Crippen molar-refractivity contribution in [1.82, 2.24) is 16.0 Å². The van der Waals surface area contributed by atoms with Gasteiger partial charge in [-0.3, -0.25) is 19.7 Å². The molecule has 0 radical (unpaired) electrons. The molecule has 5 N–H and O–H groups in total. The van der Waals surface area contributed by atoms with Crippen molar-refractivity contribution in [3.8, 4) is 0 Å². The van der Waals surface area contributed by atoms with Gasteiger partial charge in [0.25, 0.3) is 0 Å². The summed E-state index contributed by atoms with van der Waals surface area (Å²) in [5.41, 5.74) is 0. The van der Waals surface area contributed by atoms with Crippen LogP contribution in [0.2, 0.25) is 0 Å². The van der Waals surface area contributed by atoms with E-state index in [0.29, 0.717) is 19.3 Å². The maximum atomic E-state index is 12.8. The molecule has 0 aromatic carbocycles. The van der Waals surface area contributed by atoms with Crippen LogP contribution in [-0.4, -0.2) is 65.1 Å². The van der Waals surface area contributed by atoms with Gasteiger partial charge >= 0.3 is 5.97 Å². The summed E-state index contributed by atoms with van der Waals surface area (Å²) in [6, 6.07) is -2.39. The van der Waals surface area contributed by atoms with Crippen molar-refractivity contribution in [3.05, 3.63) is 0 Å². The van der Waals surface area contributed by atoms with Gasteiger partial charge in [0.05, 0.1) is 6.10 Å². The molecule has 0 aliphatic carbocycles. The second-order valence-electron chi connectivity index (χ2n) is 9.77. The molecule has 0 aromatic heterocycles. The maximum Gasteiger partial charge on any atom is 0.321 e. The predicted octanol–water partition coefficient (Wildman–Crippen LogP) is 1.33. The fraction of sp³-hybridized carbons (Fsp3) is 0.826. The van der Waals surface area contributed by atoms with Crippen LogP contribution in [-0.2, 0) is 19.2 Å². The number of rotatable bonds is 16. The number of aldehydes is 1. The molecule has 186 valence electrons. The lowest BCUT2D eigenvalue weighted by atomic mass is 9.91. The number of nitrogens with one attached hydrogen (secondary N) is 3. The number of carboxylic acids is 1. The summed E-state index contributed by atoms with van der Waals surface area (Å²) < 4.78 is 0. The third-order valence-corrected chi connectivity index (χ3v) is 5.21. The zero-order valence-electron chi connectivity index (χ0n) is 20.6. The third-order valence-electron chi connectivity index (χ3n) is 5.21. The van der Waals surface area contributed by atoms with Crippen molar-refractivity contribution in [2.75, 3.05) is 6.54 Å². The SMILES string of the molecule is CC(C)CNC(=O)[C@@H](NC(=O)[C@H](C)C[C@H](O)[C@H](CC(C)C)NC(CC=O)C(=O)O)C(C)C. The summed E-state index contributed by atoms with van der Waals surface area (Å²) in [6.45, 7) is 13.7. The molecule has 0 rings (SSSR count). The van der Waals surface area contributed by atoms with Crippen LogP contribution in [0, 0.1) is 23.7 Å². The average molecular weight is 458 g/mol. The molecule has 5 atom stereocenters. The molecular weight excluding hydrogens is 414 g/mol. The Bertz CT molecular complexity index is 609. The highest BCUT2D eigenvalue weighted by Crippen LogP contribution is 2.17. The fourth-order valence-corrected chi connectivity index (χ4v) is 3.32. The van der Waals surface area contributed by atoms with Crippen molar-refractivity contribution in [3.63, 3.8) is 0 Å². The van der Waals surface area contributed by atoms with Gasteiger partial charge in [-0.05, 0) is 30.6 Å². The topological polar surface area (TPSA) is 145 Å². The molecular formula is C23H43N3O6. The molecule has 0 aromatic rings. The van der Waals surface area contributed by atoms with Gasteiger partial charge < -0.3 is 25.6 Å². The molecule has 1 unspecified atom stereocenters. The molecule has 0 saturated carbocycles. The largest absolute Gasteiger partial charge is 0.480 e. The highest BCUT2D eigenvalue weighted by atomic mass is 16.4. The van der Waals surface area contributed by atoms with Crippen molar-refractivity contribution >= 4 is 24.1 Å². The van der Waals surface area contributed by atoms with Crippen LogP contribution in [0.4, 0.5) is 0 Å². The molecule has 9 heteroatoms. The number of amides is 2. The summed E-state index contributed by atoms with van der Waals surface area (Å²) in [6.07, 6.45) is -0.128. The molecule has 2 amide bonds. The van der Waals surface area contributed by atoms with Crippen LogP contribution in [0.25, 0.3) is 0 Å². The summed E-state index contributed by atoms with van der Waals surface area (Å²) in [7, 11) is 0. The van der Waals surface area contributed by atoms with E-state index in [1.165, 1.54) is 0 Å². The van der Waals surface area contributed by atoms with Crippen molar-refractivity contribution in [2.24, 2.45) is 23.7 Å². The summed E-state index contributed by atoms with van der Waals surface area (Å²) in [5, 5.41) is 28.6. The van der Waals surface area contributed by atoms with E-state index in [0.717, 1.165) is 0 Å². The van der Waals surface area contributed by atoms with Gasteiger partial charge in [-0.15, -0.1) is 0 Å². The van der Waals surface area contributed by atoms with Crippen molar-refractivity contribution < 1.29 is 29.4 Å². The van der Waals surface area contributed by atoms with Gasteiger partial charge in [0.1, 0.15) is 18.4 Å². The molecule has 0 spiro atoms. The zero-order chi connectivity index (χ0) is 25.0. The highest BCUT2D eigenvalue weighted by Gasteiger charge is 2.31. The summed E-state index contributed by atoms with van der Waals surface area (Å²) in [4.78, 5) is 47.4. The number of carbonyl (C=O) groups excluding carboxylic acids is 3. The normalized spacial score (nSPS) is 16.3. The third kappa shape index (κ3) is 11.6. The molecule has 32 heavy (non-hydrogen) atoms. The number of hydrogen-bond acceptors (Lipinski definition) is 6. The first-order valence-corrected chi connectivity index (χ1v) is 11.5. The number of aliphatic hydroxyl groups excluding tert-OH is 1. The number of aliphatic hydroxyl groups is 1. The van der Waals surface area contributed by atoms with E-state index >= 15 is 0 Å². The molecule has 0 bridgehead atoms. The van der Waals surface area contributed by atoms with E-state index in [1.54, 1.807) is 6.92 Å². The van der Waals surface area contributed by atoms with Crippen LogP contribution in [0.5, 0.6) is 0 Å². The Morgan fingerprint density at radius 3 is 1.94 bits per heavy atom. The van der Waals surface area contributed by atoms with Gasteiger partial charge in [-0.25, -0.2) is 0 Å². The molecule has 9 nitrogen and oxygen atoms in total. The number of carbonyl (C=O) groups is 4. The monoisotopic (exact) mass is 457 g/mol. The van der Waals surface area contributed by atoms with E-state index in [4.69, 9.17) is 0 Å². The van der Waals surface area contributed by atoms with Crippen molar-refractivity contribution in [1.29, 1.82) is 0 Å². The Morgan fingerprint density at radius 2 is 1.50 bits per heavy atom. The van der Waals surface area contributed by atoms with Gasteiger partial charge in [-0.2, -0.15) is 0 Å². The molecule has 0 aliphatic heterocycles. The Labute approximate surface area is 192 Å².